The molecule has 0 spiro atoms. The summed E-state index contributed by atoms with van der Waals surface area (Å²) in [6, 6.07) is 0. The first kappa shape index (κ1) is 20.1. The fourth-order valence-corrected chi connectivity index (χ4v) is 5.08. The van der Waals surface area contributed by atoms with Crippen LogP contribution in [0.5, 0.6) is 0 Å². The maximum absolute atomic E-state index is 10.2. The van der Waals surface area contributed by atoms with Crippen molar-refractivity contribution in [3.8, 4) is 0 Å². The molecule has 4 N–H and O–H groups in total. The number of thiol groups is 1. The molecule has 2 bridgehead atoms. The standard InChI is InChI=1S/C17H24N6O3S.ClH/c18-14-11-16(21-15(20-14)9-5-22-3-1-8(9)2-4-22)23(7-19-11)17-13(27)12(25)10(6-24)26-17;/h7-10,12-13,17,24-25,27H,1-6H2,(H2,18,20,21);1H/t9?,10-,12-,13-,17-;/m1./s1. The zero-order valence-corrected chi connectivity index (χ0v) is 17.0. The van der Waals surface area contributed by atoms with Crippen molar-refractivity contribution in [1.82, 2.24) is 24.4 Å². The number of nitrogens with zero attached hydrogens (tertiary/aromatic N) is 5. The van der Waals surface area contributed by atoms with Crippen molar-refractivity contribution >= 4 is 42.0 Å². The average Bonchev–Trinajstić information content (AvgIpc) is 3.24. The lowest BCUT2D eigenvalue weighted by atomic mass is 9.78. The van der Waals surface area contributed by atoms with E-state index in [0.717, 1.165) is 25.5 Å². The summed E-state index contributed by atoms with van der Waals surface area (Å²) in [5, 5.41) is 19.1. The van der Waals surface area contributed by atoms with Gasteiger partial charge in [0.1, 0.15) is 17.4 Å². The summed E-state index contributed by atoms with van der Waals surface area (Å²) in [6.07, 6.45) is 1.78. The maximum atomic E-state index is 10.2. The van der Waals surface area contributed by atoms with Crippen LogP contribution >= 0.6 is 25.0 Å². The number of aliphatic hydroxyl groups is 2. The van der Waals surface area contributed by atoms with Crippen LogP contribution in [0.4, 0.5) is 5.82 Å². The van der Waals surface area contributed by atoms with E-state index in [0.29, 0.717) is 22.9 Å². The number of aliphatic hydroxyl groups excluding tert-OH is 2. The van der Waals surface area contributed by atoms with Gasteiger partial charge in [-0.3, -0.25) is 4.57 Å². The molecule has 154 valence electrons. The molecule has 5 atom stereocenters. The first-order chi connectivity index (χ1) is 13.1. The van der Waals surface area contributed by atoms with Gasteiger partial charge in [0.15, 0.2) is 17.7 Å². The minimum absolute atomic E-state index is 0. The summed E-state index contributed by atoms with van der Waals surface area (Å²) in [5.74, 6) is 1.97. The van der Waals surface area contributed by atoms with E-state index >= 15 is 0 Å². The number of aromatic nitrogens is 4. The third-order valence-electron chi connectivity index (χ3n) is 6.24. The van der Waals surface area contributed by atoms with Gasteiger partial charge in [-0.15, -0.1) is 12.4 Å². The Balaban J connectivity index is 0.00000192. The lowest BCUT2D eigenvalue weighted by molar-refractivity contribution is -0.0430. The molecule has 2 aromatic heterocycles. The third-order valence-corrected chi connectivity index (χ3v) is 6.81. The molecule has 4 saturated heterocycles. The number of nitrogen functional groups attached to an aromatic ring is 1. The highest BCUT2D eigenvalue weighted by Gasteiger charge is 2.43. The molecule has 0 aliphatic carbocycles. The van der Waals surface area contributed by atoms with E-state index in [1.807, 2.05) is 0 Å². The molecular formula is C17H25ClN6O3S. The second-order valence-electron chi connectivity index (χ2n) is 7.76. The lowest BCUT2D eigenvalue weighted by Gasteiger charge is -2.44. The molecule has 28 heavy (non-hydrogen) atoms. The third kappa shape index (κ3) is 3.06. The molecule has 6 heterocycles. The minimum Gasteiger partial charge on any atom is -0.394 e. The molecule has 2 aromatic rings. The lowest BCUT2D eigenvalue weighted by Crippen LogP contribution is -2.46. The predicted molar refractivity (Wildman–Crippen MR) is 109 cm³/mol. The Labute approximate surface area is 174 Å². The maximum Gasteiger partial charge on any atom is 0.167 e. The minimum atomic E-state index is -0.874. The Morgan fingerprint density at radius 2 is 2.04 bits per heavy atom. The molecule has 9 nitrogen and oxygen atoms in total. The van der Waals surface area contributed by atoms with Crippen LogP contribution in [0, 0.1) is 5.92 Å². The molecule has 4 aliphatic rings. The molecular weight excluding hydrogens is 404 g/mol. The van der Waals surface area contributed by atoms with E-state index in [-0.39, 0.29) is 24.9 Å². The molecule has 1 unspecified atom stereocenters. The first-order valence-corrected chi connectivity index (χ1v) is 9.93. The van der Waals surface area contributed by atoms with E-state index in [4.69, 9.17) is 15.5 Å². The van der Waals surface area contributed by atoms with Gasteiger partial charge in [0.25, 0.3) is 0 Å². The summed E-state index contributed by atoms with van der Waals surface area (Å²) >= 11 is 4.48. The first-order valence-electron chi connectivity index (χ1n) is 9.41. The van der Waals surface area contributed by atoms with Crippen LogP contribution in [-0.2, 0) is 4.74 Å². The summed E-state index contributed by atoms with van der Waals surface area (Å²) < 4.78 is 7.54. The van der Waals surface area contributed by atoms with Gasteiger partial charge in [-0.25, -0.2) is 15.0 Å². The average molecular weight is 429 g/mol. The largest absolute Gasteiger partial charge is 0.394 e. The monoisotopic (exact) mass is 428 g/mol. The van der Waals surface area contributed by atoms with Crippen molar-refractivity contribution in [3.05, 3.63) is 12.2 Å². The quantitative estimate of drug-likeness (QED) is 0.511. The van der Waals surface area contributed by atoms with Crippen molar-refractivity contribution < 1.29 is 14.9 Å². The Bertz CT molecular complexity index is 861. The van der Waals surface area contributed by atoms with Gasteiger partial charge in [-0.2, -0.15) is 12.6 Å². The van der Waals surface area contributed by atoms with E-state index in [1.165, 1.54) is 12.8 Å². The van der Waals surface area contributed by atoms with Crippen LogP contribution in [0.1, 0.15) is 30.8 Å². The van der Waals surface area contributed by atoms with Gasteiger partial charge < -0.3 is 25.6 Å². The van der Waals surface area contributed by atoms with Gasteiger partial charge in [-0.05, 0) is 31.8 Å². The van der Waals surface area contributed by atoms with Crippen LogP contribution in [-0.4, -0.2) is 78.3 Å². The predicted octanol–water partition coefficient (Wildman–Crippen LogP) is 0.188. The molecule has 0 saturated carbocycles. The Morgan fingerprint density at radius 3 is 2.64 bits per heavy atom. The number of halogens is 1. The summed E-state index contributed by atoms with van der Waals surface area (Å²) in [5.41, 5.74) is 7.31. The number of rotatable bonds is 3. The van der Waals surface area contributed by atoms with Crippen molar-refractivity contribution in [2.45, 2.75) is 42.4 Å². The van der Waals surface area contributed by atoms with Gasteiger partial charge in [0, 0.05) is 12.5 Å². The number of fused-ring (bicyclic) bond motifs is 4. The molecule has 4 fully saturated rings. The second kappa shape index (κ2) is 7.58. The van der Waals surface area contributed by atoms with E-state index in [1.54, 1.807) is 10.9 Å². The molecule has 4 aliphatic heterocycles. The van der Waals surface area contributed by atoms with Crippen molar-refractivity contribution in [2.24, 2.45) is 5.92 Å². The fraction of sp³-hybridized carbons (Fsp3) is 0.706. The Morgan fingerprint density at radius 1 is 1.29 bits per heavy atom. The summed E-state index contributed by atoms with van der Waals surface area (Å²) in [6.45, 7) is 2.98. The highest BCUT2D eigenvalue weighted by molar-refractivity contribution is 7.81. The van der Waals surface area contributed by atoms with Crippen molar-refractivity contribution in [1.29, 1.82) is 0 Å². The zero-order valence-electron chi connectivity index (χ0n) is 15.3. The molecule has 0 amide bonds. The van der Waals surface area contributed by atoms with E-state index in [9.17, 15) is 10.2 Å². The summed E-state index contributed by atoms with van der Waals surface area (Å²) in [7, 11) is 0. The number of hydrogen-bond donors (Lipinski definition) is 4. The smallest absolute Gasteiger partial charge is 0.167 e. The van der Waals surface area contributed by atoms with Crippen LogP contribution in [0.3, 0.4) is 0 Å². The molecule has 0 radical (unpaired) electrons. The van der Waals surface area contributed by atoms with Crippen LogP contribution in [0.15, 0.2) is 6.33 Å². The van der Waals surface area contributed by atoms with Gasteiger partial charge in [0.05, 0.1) is 24.3 Å². The fourth-order valence-electron chi connectivity index (χ4n) is 4.68. The van der Waals surface area contributed by atoms with Gasteiger partial charge in [-0.1, -0.05) is 0 Å². The van der Waals surface area contributed by atoms with Crippen molar-refractivity contribution in [2.75, 3.05) is 32.0 Å². The highest BCUT2D eigenvalue weighted by atomic mass is 35.5. The summed E-state index contributed by atoms with van der Waals surface area (Å²) in [4.78, 5) is 16.2. The van der Waals surface area contributed by atoms with Crippen molar-refractivity contribution in [3.63, 3.8) is 0 Å². The van der Waals surface area contributed by atoms with Crippen LogP contribution in [0.25, 0.3) is 11.2 Å². The molecule has 6 rings (SSSR count). The number of hydrogen-bond acceptors (Lipinski definition) is 9. The highest BCUT2D eigenvalue weighted by Crippen LogP contribution is 2.39. The Kier molecular flexibility index (Phi) is 5.45. The number of ether oxygens (including phenoxy) is 1. The number of nitrogens with two attached hydrogens (primary N) is 1. The topological polar surface area (TPSA) is 123 Å². The van der Waals surface area contributed by atoms with E-state index < -0.39 is 23.7 Å². The number of imidazole rings is 1. The Hall–Kier alpha value is -1.17. The molecule has 11 heteroatoms. The van der Waals surface area contributed by atoms with Gasteiger partial charge >= 0.3 is 0 Å². The second-order valence-corrected chi connectivity index (χ2v) is 8.36. The van der Waals surface area contributed by atoms with Crippen LogP contribution < -0.4 is 5.73 Å². The zero-order chi connectivity index (χ0) is 18.7. The van der Waals surface area contributed by atoms with Crippen LogP contribution in [0.2, 0.25) is 0 Å². The molecule has 0 aromatic carbocycles. The number of piperidine rings is 3. The van der Waals surface area contributed by atoms with E-state index in [2.05, 4.69) is 27.5 Å². The normalized spacial score (nSPS) is 37.3. The number of anilines is 1. The SMILES string of the molecule is Cl.Nc1nc(C2CN3CCC2CC3)nc2c1ncn2[C@@H]1O[C@H](CO)[C@@H](O)[C@H]1S. The van der Waals surface area contributed by atoms with Gasteiger partial charge in [0.2, 0.25) is 0 Å².